The lowest BCUT2D eigenvalue weighted by Crippen LogP contribution is -2.07. The van der Waals surface area contributed by atoms with Gasteiger partial charge in [0.15, 0.2) is 0 Å². The summed E-state index contributed by atoms with van der Waals surface area (Å²) in [6.45, 7) is 11.1. The number of benzene rings is 1. The third kappa shape index (κ3) is 2.81. The van der Waals surface area contributed by atoms with Crippen LogP contribution in [0.15, 0.2) is 30.5 Å². The molecule has 2 rings (SSSR count). The summed E-state index contributed by atoms with van der Waals surface area (Å²) >= 11 is 1.80. The Bertz CT molecular complexity index is 515. The van der Waals surface area contributed by atoms with E-state index in [4.69, 9.17) is 0 Å². The van der Waals surface area contributed by atoms with Crippen LogP contribution in [0.3, 0.4) is 0 Å². The van der Waals surface area contributed by atoms with Crippen LogP contribution >= 0.6 is 11.3 Å². The van der Waals surface area contributed by atoms with Crippen LogP contribution in [-0.2, 0) is 5.41 Å². The molecule has 0 unspecified atom stereocenters. The highest BCUT2D eigenvalue weighted by Gasteiger charge is 2.17. The van der Waals surface area contributed by atoms with Crippen molar-refractivity contribution in [2.45, 2.75) is 46.0 Å². The summed E-state index contributed by atoms with van der Waals surface area (Å²) in [7, 11) is 0. The van der Waals surface area contributed by atoms with Gasteiger partial charge in [0.25, 0.3) is 0 Å². The van der Waals surface area contributed by atoms with Crippen molar-refractivity contribution in [2.24, 2.45) is 0 Å². The van der Waals surface area contributed by atoms with Crippen molar-refractivity contribution in [1.29, 1.82) is 0 Å². The zero-order valence-electron chi connectivity index (χ0n) is 11.8. The van der Waals surface area contributed by atoms with E-state index in [1.54, 1.807) is 11.3 Å². The van der Waals surface area contributed by atoms with Crippen LogP contribution in [0.2, 0.25) is 0 Å². The van der Waals surface area contributed by atoms with Gasteiger partial charge in [0.2, 0.25) is 0 Å². The smallest absolute Gasteiger partial charge is 0.123 e. The molecule has 0 saturated heterocycles. The third-order valence-electron chi connectivity index (χ3n) is 3.07. The summed E-state index contributed by atoms with van der Waals surface area (Å²) in [6, 6.07) is 8.78. The van der Waals surface area contributed by atoms with E-state index in [0.717, 1.165) is 5.01 Å². The molecule has 0 spiro atoms. The molecule has 0 aliphatic rings. The second kappa shape index (κ2) is 4.85. The fraction of sp³-hybridized carbons (Fsp3) is 0.438. The highest BCUT2D eigenvalue weighted by molar-refractivity contribution is 7.15. The van der Waals surface area contributed by atoms with Gasteiger partial charge < -0.3 is 0 Å². The molecule has 0 fully saturated rings. The average Bonchev–Trinajstić information content (AvgIpc) is 2.78. The molecule has 2 heteroatoms. The first-order chi connectivity index (χ1) is 8.38. The fourth-order valence-electron chi connectivity index (χ4n) is 1.76. The van der Waals surface area contributed by atoms with Crippen LogP contribution in [-0.4, -0.2) is 4.98 Å². The lowest BCUT2D eigenvalue weighted by Gasteiger charge is -2.14. The van der Waals surface area contributed by atoms with Crippen LogP contribution in [0.25, 0.3) is 10.6 Å². The van der Waals surface area contributed by atoms with E-state index in [2.05, 4.69) is 63.9 Å². The molecule has 0 N–H and O–H groups in total. The molecule has 1 nitrogen and oxygen atoms in total. The molecule has 0 aliphatic carbocycles. The van der Waals surface area contributed by atoms with Crippen molar-refractivity contribution >= 4 is 11.3 Å². The van der Waals surface area contributed by atoms with Gasteiger partial charge in [0, 0.05) is 16.6 Å². The van der Waals surface area contributed by atoms with E-state index in [0.29, 0.717) is 5.92 Å². The number of hydrogen-bond acceptors (Lipinski definition) is 2. The summed E-state index contributed by atoms with van der Waals surface area (Å²) in [4.78, 5) is 5.88. The normalized spacial score (nSPS) is 12.1. The third-order valence-corrected chi connectivity index (χ3v) is 4.54. The predicted octanol–water partition coefficient (Wildman–Crippen LogP) is 5.23. The first kappa shape index (κ1) is 13.3. The van der Waals surface area contributed by atoms with Crippen molar-refractivity contribution in [3.8, 4) is 10.6 Å². The van der Waals surface area contributed by atoms with Crippen LogP contribution in [0.5, 0.6) is 0 Å². The van der Waals surface area contributed by atoms with Gasteiger partial charge in [-0.15, -0.1) is 11.3 Å². The summed E-state index contributed by atoms with van der Waals surface area (Å²) in [6.07, 6.45) is 2.01. The average molecular weight is 259 g/mol. The van der Waals surface area contributed by atoms with E-state index in [1.165, 1.54) is 16.0 Å². The highest BCUT2D eigenvalue weighted by Crippen LogP contribution is 2.33. The van der Waals surface area contributed by atoms with Crippen LogP contribution in [0.1, 0.15) is 51.0 Å². The van der Waals surface area contributed by atoms with E-state index < -0.39 is 0 Å². The number of hydrogen-bond donors (Lipinski definition) is 0. The fourth-order valence-corrected chi connectivity index (χ4v) is 2.74. The van der Waals surface area contributed by atoms with Gasteiger partial charge in [0.1, 0.15) is 5.01 Å². The Morgan fingerprint density at radius 3 is 2.11 bits per heavy atom. The first-order valence-corrected chi connectivity index (χ1v) is 7.26. The predicted molar refractivity (Wildman–Crippen MR) is 80.3 cm³/mol. The highest BCUT2D eigenvalue weighted by atomic mass is 32.1. The second-order valence-electron chi connectivity index (χ2n) is 6.06. The molecule has 0 aliphatic heterocycles. The summed E-state index contributed by atoms with van der Waals surface area (Å²) in [5.41, 5.74) is 2.79. The Balaban J connectivity index is 2.29. The number of thiazole rings is 1. The van der Waals surface area contributed by atoms with Crippen molar-refractivity contribution < 1.29 is 0 Å². The monoisotopic (exact) mass is 259 g/mol. The largest absolute Gasteiger partial charge is 0.244 e. The van der Waals surface area contributed by atoms with E-state index >= 15 is 0 Å². The van der Waals surface area contributed by atoms with Crippen molar-refractivity contribution in [1.82, 2.24) is 4.98 Å². The molecule has 1 aromatic heterocycles. The maximum atomic E-state index is 4.55. The van der Waals surface area contributed by atoms with Gasteiger partial charge in [0.05, 0.1) is 0 Å². The topological polar surface area (TPSA) is 12.9 Å². The molecule has 1 heterocycles. The van der Waals surface area contributed by atoms with Gasteiger partial charge in [-0.25, -0.2) is 4.98 Å². The SMILES string of the molecule is CC(C)c1ccc(-c2ncc(C(C)(C)C)s2)cc1. The Morgan fingerprint density at radius 2 is 1.67 bits per heavy atom. The van der Waals surface area contributed by atoms with Gasteiger partial charge >= 0.3 is 0 Å². The Labute approximate surface area is 114 Å². The summed E-state index contributed by atoms with van der Waals surface area (Å²) < 4.78 is 0. The Morgan fingerprint density at radius 1 is 1.06 bits per heavy atom. The van der Waals surface area contributed by atoms with Gasteiger partial charge in [-0.1, -0.05) is 58.9 Å². The van der Waals surface area contributed by atoms with Gasteiger partial charge in [-0.2, -0.15) is 0 Å². The Kier molecular flexibility index (Phi) is 3.58. The van der Waals surface area contributed by atoms with Gasteiger partial charge in [-0.3, -0.25) is 0 Å². The molecular formula is C16H21NS. The maximum absolute atomic E-state index is 4.55. The maximum Gasteiger partial charge on any atom is 0.123 e. The first-order valence-electron chi connectivity index (χ1n) is 6.44. The quantitative estimate of drug-likeness (QED) is 0.719. The zero-order valence-corrected chi connectivity index (χ0v) is 12.6. The lowest BCUT2D eigenvalue weighted by atomic mass is 9.96. The van der Waals surface area contributed by atoms with Crippen molar-refractivity contribution in [3.63, 3.8) is 0 Å². The van der Waals surface area contributed by atoms with E-state index in [1.807, 2.05) is 6.20 Å². The molecular weight excluding hydrogens is 238 g/mol. The van der Waals surface area contributed by atoms with E-state index in [-0.39, 0.29) is 5.41 Å². The van der Waals surface area contributed by atoms with E-state index in [9.17, 15) is 0 Å². The minimum atomic E-state index is 0.188. The molecule has 18 heavy (non-hydrogen) atoms. The molecule has 0 atom stereocenters. The number of rotatable bonds is 2. The summed E-state index contributed by atoms with van der Waals surface area (Å²) in [5.74, 6) is 0.584. The molecule has 2 aromatic rings. The number of aromatic nitrogens is 1. The molecule has 1 aromatic carbocycles. The minimum Gasteiger partial charge on any atom is -0.244 e. The van der Waals surface area contributed by atoms with Crippen molar-refractivity contribution in [3.05, 3.63) is 40.9 Å². The lowest BCUT2D eigenvalue weighted by molar-refractivity contribution is 0.602. The summed E-state index contributed by atoms with van der Waals surface area (Å²) in [5, 5.41) is 1.12. The molecule has 96 valence electrons. The molecule has 0 saturated carbocycles. The molecule has 0 amide bonds. The zero-order chi connectivity index (χ0) is 13.3. The number of nitrogens with zero attached hydrogens (tertiary/aromatic N) is 1. The second-order valence-corrected chi connectivity index (χ2v) is 7.09. The van der Waals surface area contributed by atoms with Gasteiger partial charge in [-0.05, 0) is 16.9 Å². The molecule has 0 radical (unpaired) electrons. The Hall–Kier alpha value is -1.15. The standard InChI is InChI=1S/C16H21NS/c1-11(2)12-6-8-13(9-7-12)15-17-10-14(18-15)16(3,4)5/h6-11H,1-5H3. The van der Waals surface area contributed by atoms with Crippen LogP contribution in [0, 0.1) is 0 Å². The minimum absolute atomic E-state index is 0.188. The molecule has 0 bridgehead atoms. The van der Waals surface area contributed by atoms with Crippen molar-refractivity contribution in [2.75, 3.05) is 0 Å². The van der Waals surface area contributed by atoms with Crippen LogP contribution < -0.4 is 0 Å². The van der Waals surface area contributed by atoms with Crippen LogP contribution in [0.4, 0.5) is 0 Å².